The van der Waals surface area contributed by atoms with Crippen molar-refractivity contribution in [3.8, 4) is 5.75 Å². The van der Waals surface area contributed by atoms with E-state index in [1.54, 1.807) is 14.0 Å². The van der Waals surface area contributed by atoms with Crippen molar-refractivity contribution in [2.45, 2.75) is 30.4 Å². The van der Waals surface area contributed by atoms with E-state index in [-0.39, 0.29) is 11.3 Å². The molecule has 0 saturated heterocycles. The number of rotatable bonds is 5. The van der Waals surface area contributed by atoms with Gasteiger partial charge in [0.05, 0.1) is 7.11 Å². The normalized spacial score (nSPS) is 14.1. The Labute approximate surface area is 116 Å². The molecule has 19 heavy (non-hydrogen) atoms. The van der Waals surface area contributed by atoms with Gasteiger partial charge in [0, 0.05) is 18.2 Å². The van der Waals surface area contributed by atoms with Gasteiger partial charge in [-0.15, -0.1) is 10.2 Å². The van der Waals surface area contributed by atoms with Crippen LogP contribution in [0.3, 0.4) is 0 Å². The van der Waals surface area contributed by atoms with Gasteiger partial charge >= 0.3 is 0 Å². The van der Waals surface area contributed by atoms with Crippen LogP contribution < -0.4 is 10.5 Å². The average Bonchev–Trinajstić information content (AvgIpc) is 2.83. The van der Waals surface area contributed by atoms with E-state index in [0.717, 1.165) is 11.3 Å². The van der Waals surface area contributed by atoms with Gasteiger partial charge in [-0.05, 0) is 17.7 Å². The summed E-state index contributed by atoms with van der Waals surface area (Å²) >= 11 is 1.48. The zero-order chi connectivity index (χ0) is 13.8. The molecule has 0 radical (unpaired) electrons. The first-order valence-corrected chi connectivity index (χ1v) is 6.84. The number of benzene rings is 1. The highest BCUT2D eigenvalue weighted by Crippen LogP contribution is 2.30. The molecule has 0 aliphatic carbocycles. The molecule has 0 amide bonds. The maximum absolute atomic E-state index is 6.23. The Balaban J connectivity index is 2.03. The van der Waals surface area contributed by atoms with E-state index in [2.05, 4.69) is 10.2 Å². The molecule has 2 unspecified atom stereocenters. The first-order valence-electron chi connectivity index (χ1n) is 5.96. The van der Waals surface area contributed by atoms with Gasteiger partial charge in [0.15, 0.2) is 0 Å². The molecule has 0 aliphatic heterocycles. The minimum atomic E-state index is -0.108. The lowest BCUT2D eigenvalue weighted by Crippen LogP contribution is -2.21. The fourth-order valence-corrected chi connectivity index (χ4v) is 2.53. The number of hydrogen-bond acceptors (Lipinski definition) is 6. The van der Waals surface area contributed by atoms with E-state index in [4.69, 9.17) is 14.9 Å². The van der Waals surface area contributed by atoms with Crippen molar-refractivity contribution in [1.82, 2.24) is 10.2 Å². The van der Waals surface area contributed by atoms with Crippen LogP contribution in [0.5, 0.6) is 5.75 Å². The van der Waals surface area contributed by atoms with Gasteiger partial charge in [-0.1, -0.05) is 30.8 Å². The number of nitrogens with zero attached hydrogens (tertiary/aromatic N) is 2. The van der Waals surface area contributed by atoms with Crippen molar-refractivity contribution in [2.24, 2.45) is 5.73 Å². The number of hydrogen-bond donors (Lipinski definition) is 1. The second-order valence-electron chi connectivity index (χ2n) is 4.21. The van der Waals surface area contributed by atoms with E-state index in [1.165, 1.54) is 11.8 Å². The zero-order valence-corrected chi connectivity index (χ0v) is 12.0. The van der Waals surface area contributed by atoms with Crippen LogP contribution in [0.4, 0.5) is 0 Å². The number of aromatic nitrogens is 2. The summed E-state index contributed by atoms with van der Waals surface area (Å²) in [7, 11) is 1.64. The Morgan fingerprint density at radius 1 is 1.26 bits per heavy atom. The number of methoxy groups -OCH3 is 1. The van der Waals surface area contributed by atoms with E-state index >= 15 is 0 Å². The second kappa shape index (κ2) is 6.08. The van der Waals surface area contributed by atoms with Crippen LogP contribution in [0.15, 0.2) is 33.9 Å². The maximum Gasteiger partial charge on any atom is 0.276 e. The number of nitrogens with two attached hydrogens (primary N) is 1. The lowest BCUT2D eigenvalue weighted by molar-refractivity contribution is 0.414. The molecule has 2 aromatic rings. The van der Waals surface area contributed by atoms with Crippen LogP contribution in [-0.4, -0.2) is 22.6 Å². The fraction of sp³-hybridized carbons (Fsp3) is 0.385. The molecule has 0 bridgehead atoms. The molecule has 2 rings (SSSR count). The number of aryl methyl sites for hydroxylation is 1. The molecular weight excluding hydrogens is 262 g/mol. The highest BCUT2D eigenvalue weighted by molar-refractivity contribution is 7.99. The molecule has 6 heteroatoms. The fourth-order valence-electron chi connectivity index (χ4n) is 1.66. The van der Waals surface area contributed by atoms with Crippen LogP contribution in [0.25, 0.3) is 0 Å². The zero-order valence-electron chi connectivity index (χ0n) is 11.2. The summed E-state index contributed by atoms with van der Waals surface area (Å²) in [5.74, 6) is 1.39. The number of thioether (sulfide) groups is 1. The van der Waals surface area contributed by atoms with Crippen LogP contribution >= 0.6 is 11.8 Å². The lowest BCUT2D eigenvalue weighted by atomic mass is 10.1. The predicted octanol–water partition coefficient (Wildman–Crippen LogP) is 2.57. The molecule has 102 valence electrons. The van der Waals surface area contributed by atoms with E-state index in [0.29, 0.717) is 11.1 Å². The Morgan fingerprint density at radius 2 is 1.95 bits per heavy atom. The molecule has 0 aliphatic rings. The number of ether oxygens (including phenoxy) is 1. The third-order valence-electron chi connectivity index (χ3n) is 2.80. The molecule has 0 spiro atoms. The van der Waals surface area contributed by atoms with Gasteiger partial charge in [0.1, 0.15) is 5.75 Å². The third-order valence-corrected chi connectivity index (χ3v) is 3.83. The van der Waals surface area contributed by atoms with Gasteiger partial charge in [-0.25, -0.2) is 0 Å². The Hall–Kier alpha value is -1.53. The summed E-state index contributed by atoms with van der Waals surface area (Å²) < 4.78 is 10.5. The molecular formula is C13H17N3O2S. The molecule has 1 heterocycles. The SMILES string of the molecule is COc1ccc(C(N)C(C)Sc2nnc(C)o2)cc1. The van der Waals surface area contributed by atoms with Crippen LogP contribution in [0.2, 0.25) is 0 Å². The smallest absolute Gasteiger partial charge is 0.276 e. The van der Waals surface area contributed by atoms with Gasteiger partial charge in [0.2, 0.25) is 5.89 Å². The molecule has 5 nitrogen and oxygen atoms in total. The molecule has 1 aromatic carbocycles. The quantitative estimate of drug-likeness (QED) is 0.848. The predicted molar refractivity (Wildman–Crippen MR) is 74.3 cm³/mol. The second-order valence-corrected chi connectivity index (χ2v) is 5.54. The van der Waals surface area contributed by atoms with Gasteiger partial charge < -0.3 is 14.9 Å². The monoisotopic (exact) mass is 279 g/mol. The summed E-state index contributed by atoms with van der Waals surface area (Å²) in [5, 5.41) is 8.44. The summed E-state index contributed by atoms with van der Waals surface area (Å²) in [5.41, 5.74) is 7.29. The van der Waals surface area contributed by atoms with E-state index in [9.17, 15) is 0 Å². The summed E-state index contributed by atoms with van der Waals surface area (Å²) in [6.45, 7) is 3.81. The third kappa shape index (κ3) is 3.48. The van der Waals surface area contributed by atoms with Crippen molar-refractivity contribution in [1.29, 1.82) is 0 Å². The van der Waals surface area contributed by atoms with Crippen molar-refractivity contribution < 1.29 is 9.15 Å². The Bertz CT molecular complexity index is 527. The van der Waals surface area contributed by atoms with Crippen molar-refractivity contribution in [2.75, 3.05) is 7.11 Å². The summed E-state index contributed by atoms with van der Waals surface area (Å²) in [6.07, 6.45) is 0. The maximum atomic E-state index is 6.23. The van der Waals surface area contributed by atoms with E-state index in [1.807, 2.05) is 31.2 Å². The molecule has 2 N–H and O–H groups in total. The summed E-state index contributed by atoms with van der Waals surface area (Å²) in [4.78, 5) is 0. The summed E-state index contributed by atoms with van der Waals surface area (Å²) in [6, 6.07) is 7.65. The van der Waals surface area contributed by atoms with Gasteiger partial charge in [-0.2, -0.15) is 0 Å². The van der Waals surface area contributed by atoms with Crippen LogP contribution in [0.1, 0.15) is 24.4 Å². The van der Waals surface area contributed by atoms with Gasteiger partial charge in [-0.3, -0.25) is 0 Å². The minimum Gasteiger partial charge on any atom is -0.497 e. The topological polar surface area (TPSA) is 74.2 Å². The average molecular weight is 279 g/mol. The van der Waals surface area contributed by atoms with Crippen molar-refractivity contribution in [3.63, 3.8) is 0 Å². The highest BCUT2D eigenvalue weighted by atomic mass is 32.2. The van der Waals surface area contributed by atoms with Crippen LogP contribution in [-0.2, 0) is 0 Å². The minimum absolute atomic E-state index is 0.108. The largest absolute Gasteiger partial charge is 0.497 e. The first kappa shape index (κ1) is 13.9. The van der Waals surface area contributed by atoms with Gasteiger partial charge in [0.25, 0.3) is 5.22 Å². The van der Waals surface area contributed by atoms with Crippen molar-refractivity contribution in [3.05, 3.63) is 35.7 Å². The Morgan fingerprint density at radius 3 is 2.47 bits per heavy atom. The molecule has 1 aromatic heterocycles. The Kier molecular flexibility index (Phi) is 4.44. The standard InChI is InChI=1S/C13H17N3O2S/c1-8(19-13-16-15-9(2)18-13)12(14)10-4-6-11(17-3)7-5-10/h4-8,12H,14H2,1-3H3. The van der Waals surface area contributed by atoms with Crippen molar-refractivity contribution >= 4 is 11.8 Å². The first-order chi connectivity index (χ1) is 9.10. The lowest BCUT2D eigenvalue weighted by Gasteiger charge is -2.18. The highest BCUT2D eigenvalue weighted by Gasteiger charge is 2.18. The molecule has 0 saturated carbocycles. The molecule has 2 atom stereocenters. The molecule has 0 fully saturated rings. The van der Waals surface area contributed by atoms with E-state index < -0.39 is 0 Å². The van der Waals surface area contributed by atoms with Crippen LogP contribution in [0, 0.1) is 6.92 Å².